The van der Waals surface area contributed by atoms with E-state index in [9.17, 15) is 23.6 Å². The summed E-state index contributed by atoms with van der Waals surface area (Å²) in [5, 5.41) is 2.61. The third-order valence-electron chi connectivity index (χ3n) is 6.96. The zero-order valence-corrected chi connectivity index (χ0v) is 20.2. The van der Waals surface area contributed by atoms with Crippen molar-refractivity contribution in [1.82, 2.24) is 15.1 Å². The van der Waals surface area contributed by atoms with E-state index in [-0.39, 0.29) is 61.1 Å². The maximum atomic E-state index is 14.5. The predicted molar refractivity (Wildman–Crippen MR) is 132 cm³/mol. The van der Waals surface area contributed by atoms with Crippen LogP contribution in [0.15, 0.2) is 66.7 Å². The molecule has 7 nitrogen and oxygen atoms in total. The van der Waals surface area contributed by atoms with Gasteiger partial charge >= 0.3 is 0 Å². The Balaban J connectivity index is 1.57. The lowest BCUT2D eigenvalue weighted by Gasteiger charge is -2.31. The van der Waals surface area contributed by atoms with E-state index >= 15 is 0 Å². The number of nitrogens with zero attached hydrogens (tertiary/aromatic N) is 2. The van der Waals surface area contributed by atoms with Crippen LogP contribution in [0.3, 0.4) is 0 Å². The van der Waals surface area contributed by atoms with Gasteiger partial charge in [0.25, 0.3) is 0 Å². The molecule has 0 aromatic heterocycles. The number of allylic oxidation sites excluding steroid dienone is 2. The minimum absolute atomic E-state index is 0.0664. The van der Waals surface area contributed by atoms with Gasteiger partial charge in [0.2, 0.25) is 23.6 Å². The molecule has 36 heavy (non-hydrogen) atoms. The summed E-state index contributed by atoms with van der Waals surface area (Å²) >= 11 is 0. The summed E-state index contributed by atoms with van der Waals surface area (Å²) in [4.78, 5) is 54.7. The third-order valence-corrected chi connectivity index (χ3v) is 6.96. The monoisotopic (exact) mass is 491 g/mol. The standard InChI is InChI=1S/C28H30FN3O4/c1-30-26(34)24(17-19-9-3-2-4-10-19)32(18-20-11-5-8-14-23(20)29)25(33)15-16-31-27(35)21-12-6-7-13-22(21)28(31)36/h2-11,14,21-22,24H,12-13,15-18H2,1H3,(H,30,34)/t21-,22+,24?. The van der Waals surface area contributed by atoms with Crippen molar-refractivity contribution >= 4 is 23.6 Å². The fourth-order valence-corrected chi connectivity index (χ4v) is 4.97. The maximum absolute atomic E-state index is 14.5. The van der Waals surface area contributed by atoms with E-state index in [1.807, 2.05) is 42.5 Å². The molecule has 1 unspecified atom stereocenters. The van der Waals surface area contributed by atoms with Gasteiger partial charge in [-0.2, -0.15) is 0 Å². The molecule has 1 saturated heterocycles. The van der Waals surface area contributed by atoms with Crippen LogP contribution in [0.4, 0.5) is 4.39 Å². The largest absolute Gasteiger partial charge is 0.357 e. The summed E-state index contributed by atoms with van der Waals surface area (Å²) in [5.41, 5.74) is 1.12. The summed E-state index contributed by atoms with van der Waals surface area (Å²) in [6.07, 6.45) is 4.95. The van der Waals surface area contributed by atoms with Crippen LogP contribution in [0.2, 0.25) is 0 Å². The zero-order valence-electron chi connectivity index (χ0n) is 20.2. The topological polar surface area (TPSA) is 86.8 Å². The minimum atomic E-state index is -0.902. The Hall–Kier alpha value is -3.81. The number of benzene rings is 2. The summed E-state index contributed by atoms with van der Waals surface area (Å²) < 4.78 is 14.5. The highest BCUT2D eigenvalue weighted by molar-refractivity contribution is 6.05. The number of hydrogen-bond acceptors (Lipinski definition) is 4. The first-order chi connectivity index (χ1) is 17.4. The molecular formula is C28H30FN3O4. The van der Waals surface area contributed by atoms with Crippen LogP contribution in [0, 0.1) is 17.7 Å². The Morgan fingerprint density at radius 1 is 1.00 bits per heavy atom. The van der Waals surface area contributed by atoms with Gasteiger partial charge in [-0.15, -0.1) is 0 Å². The van der Waals surface area contributed by atoms with E-state index in [1.165, 1.54) is 22.9 Å². The molecule has 3 atom stereocenters. The fraction of sp³-hybridized carbons (Fsp3) is 0.357. The average molecular weight is 492 g/mol. The molecule has 1 heterocycles. The number of carbonyl (C=O) groups is 4. The highest BCUT2D eigenvalue weighted by Crippen LogP contribution is 2.35. The van der Waals surface area contributed by atoms with Crippen molar-refractivity contribution in [3.8, 4) is 0 Å². The van der Waals surface area contributed by atoms with Gasteiger partial charge in [-0.3, -0.25) is 24.1 Å². The molecule has 2 aromatic rings. The SMILES string of the molecule is CNC(=O)C(Cc1ccccc1)N(Cc1ccccc1F)C(=O)CCN1C(=O)[C@H]2CC=CC[C@H]2C1=O. The maximum Gasteiger partial charge on any atom is 0.242 e. The van der Waals surface area contributed by atoms with E-state index in [0.29, 0.717) is 12.8 Å². The number of likely N-dealkylation sites (N-methyl/N-ethyl adjacent to an activating group) is 1. The molecule has 2 aromatic carbocycles. The Morgan fingerprint density at radius 3 is 2.22 bits per heavy atom. The van der Waals surface area contributed by atoms with Gasteiger partial charge in [0.1, 0.15) is 11.9 Å². The Bertz CT molecular complexity index is 1140. The summed E-state index contributed by atoms with van der Waals surface area (Å²) in [6, 6.07) is 14.5. The molecule has 1 aliphatic carbocycles. The zero-order chi connectivity index (χ0) is 25.7. The van der Waals surface area contributed by atoms with Gasteiger partial charge in [0, 0.05) is 38.5 Å². The smallest absolute Gasteiger partial charge is 0.242 e. The highest BCUT2D eigenvalue weighted by Gasteiger charge is 2.47. The number of amides is 4. The lowest BCUT2D eigenvalue weighted by molar-refractivity contribution is -0.144. The van der Waals surface area contributed by atoms with Crippen molar-refractivity contribution in [2.45, 2.75) is 38.3 Å². The number of hydrogen-bond donors (Lipinski definition) is 1. The van der Waals surface area contributed by atoms with Crippen LogP contribution < -0.4 is 5.32 Å². The first-order valence-electron chi connectivity index (χ1n) is 12.2. The van der Waals surface area contributed by atoms with Crippen molar-refractivity contribution in [3.05, 3.63) is 83.7 Å². The van der Waals surface area contributed by atoms with E-state index in [4.69, 9.17) is 0 Å². The minimum Gasteiger partial charge on any atom is -0.357 e. The lowest BCUT2D eigenvalue weighted by Crippen LogP contribution is -2.50. The number of nitrogens with one attached hydrogen (secondary N) is 1. The van der Waals surface area contributed by atoms with Crippen LogP contribution in [0.1, 0.15) is 30.4 Å². The molecule has 4 rings (SSSR count). The number of imide groups is 1. The van der Waals surface area contributed by atoms with Crippen LogP contribution in [0.25, 0.3) is 0 Å². The van der Waals surface area contributed by atoms with Crippen LogP contribution in [-0.2, 0) is 32.1 Å². The van der Waals surface area contributed by atoms with E-state index in [1.54, 1.807) is 18.2 Å². The van der Waals surface area contributed by atoms with Crippen LogP contribution in [0.5, 0.6) is 0 Å². The fourth-order valence-electron chi connectivity index (χ4n) is 4.97. The van der Waals surface area contributed by atoms with Crippen molar-refractivity contribution in [2.24, 2.45) is 11.8 Å². The van der Waals surface area contributed by atoms with E-state index in [0.717, 1.165) is 5.56 Å². The van der Waals surface area contributed by atoms with Gasteiger partial charge in [0.05, 0.1) is 11.8 Å². The Kier molecular flexibility index (Phi) is 7.93. The van der Waals surface area contributed by atoms with Gasteiger partial charge in [-0.25, -0.2) is 4.39 Å². The Labute approximate surface area is 210 Å². The molecule has 188 valence electrons. The summed E-state index contributed by atoms with van der Waals surface area (Å²) in [5.74, 6) is -2.55. The summed E-state index contributed by atoms with van der Waals surface area (Å²) in [6.45, 7) is -0.184. The van der Waals surface area contributed by atoms with Gasteiger partial charge in [-0.05, 0) is 24.5 Å². The average Bonchev–Trinajstić information content (AvgIpc) is 3.15. The number of carbonyl (C=O) groups excluding carboxylic acids is 4. The molecule has 0 spiro atoms. The van der Waals surface area contributed by atoms with Crippen molar-refractivity contribution < 1.29 is 23.6 Å². The van der Waals surface area contributed by atoms with Crippen molar-refractivity contribution in [1.29, 1.82) is 0 Å². The van der Waals surface area contributed by atoms with Crippen LogP contribution in [-0.4, -0.2) is 53.1 Å². The van der Waals surface area contributed by atoms with Crippen molar-refractivity contribution in [3.63, 3.8) is 0 Å². The second kappa shape index (κ2) is 11.3. The molecule has 0 radical (unpaired) electrons. The molecule has 8 heteroatoms. The predicted octanol–water partition coefficient (Wildman–Crippen LogP) is 2.85. The van der Waals surface area contributed by atoms with E-state index < -0.39 is 17.8 Å². The molecule has 4 amide bonds. The number of fused-ring (bicyclic) bond motifs is 1. The second-order valence-electron chi connectivity index (χ2n) is 9.17. The van der Waals surface area contributed by atoms with Gasteiger partial charge in [-0.1, -0.05) is 60.7 Å². The Morgan fingerprint density at radius 2 is 1.61 bits per heavy atom. The lowest BCUT2D eigenvalue weighted by atomic mass is 9.85. The third kappa shape index (κ3) is 5.37. The molecule has 2 aliphatic rings. The molecule has 0 saturated carbocycles. The summed E-state index contributed by atoms with van der Waals surface area (Å²) in [7, 11) is 1.49. The first-order valence-corrected chi connectivity index (χ1v) is 12.2. The van der Waals surface area contributed by atoms with Crippen molar-refractivity contribution in [2.75, 3.05) is 13.6 Å². The second-order valence-corrected chi connectivity index (χ2v) is 9.17. The number of halogens is 1. The molecule has 0 bridgehead atoms. The normalized spacial score (nSPS) is 19.7. The molecular weight excluding hydrogens is 461 g/mol. The van der Waals surface area contributed by atoms with Crippen LogP contribution >= 0.6 is 0 Å². The molecule has 1 fully saturated rings. The van der Waals surface area contributed by atoms with Gasteiger partial charge in [0.15, 0.2) is 0 Å². The number of rotatable bonds is 9. The van der Waals surface area contributed by atoms with Gasteiger partial charge < -0.3 is 10.2 Å². The highest BCUT2D eigenvalue weighted by atomic mass is 19.1. The molecule has 1 N–H and O–H groups in total. The first kappa shape index (κ1) is 25.3. The molecule has 1 aliphatic heterocycles. The number of likely N-dealkylation sites (tertiary alicyclic amines) is 1. The quantitative estimate of drug-likeness (QED) is 0.432. The van der Waals surface area contributed by atoms with E-state index in [2.05, 4.69) is 5.32 Å².